The van der Waals surface area contributed by atoms with Gasteiger partial charge in [-0.05, 0) is 51.1 Å². The van der Waals surface area contributed by atoms with E-state index in [1.54, 1.807) is 38.2 Å². The zero-order valence-electron chi connectivity index (χ0n) is 19.3. The Kier molecular flexibility index (Phi) is 7.34. The molecular formula is C23H24F3N7O2. The summed E-state index contributed by atoms with van der Waals surface area (Å²) in [4.78, 5) is 24.5. The summed E-state index contributed by atoms with van der Waals surface area (Å²) in [7, 11) is 0. The third-order valence-electron chi connectivity index (χ3n) is 4.56. The molecule has 3 heterocycles. The number of carbonyl (C=O) groups excluding carboxylic acids is 1. The van der Waals surface area contributed by atoms with Crippen molar-refractivity contribution in [2.24, 2.45) is 4.99 Å². The van der Waals surface area contributed by atoms with Gasteiger partial charge in [0.2, 0.25) is 0 Å². The average molecular weight is 487 g/mol. The van der Waals surface area contributed by atoms with E-state index in [-0.39, 0.29) is 29.6 Å². The molecule has 3 aromatic rings. The molecule has 0 aliphatic carbocycles. The molecule has 0 radical (unpaired) electrons. The van der Waals surface area contributed by atoms with Crippen LogP contribution in [0.4, 0.5) is 24.7 Å². The van der Waals surface area contributed by atoms with Crippen LogP contribution in [0.5, 0.6) is 0 Å². The quantitative estimate of drug-likeness (QED) is 0.415. The van der Waals surface area contributed by atoms with Gasteiger partial charge in [0.15, 0.2) is 11.6 Å². The predicted molar refractivity (Wildman–Crippen MR) is 126 cm³/mol. The second-order valence-electron chi connectivity index (χ2n) is 8.04. The van der Waals surface area contributed by atoms with Crippen LogP contribution in [-0.4, -0.2) is 54.6 Å². The summed E-state index contributed by atoms with van der Waals surface area (Å²) in [5, 5.41) is 19.7. The van der Waals surface area contributed by atoms with Crippen molar-refractivity contribution in [3.8, 4) is 0 Å². The zero-order chi connectivity index (χ0) is 25.8. The number of anilines is 2. The summed E-state index contributed by atoms with van der Waals surface area (Å²) in [6, 6.07) is 6.50. The minimum absolute atomic E-state index is 0.0302. The summed E-state index contributed by atoms with van der Waals surface area (Å²) in [5.41, 5.74) is -1.27. The highest BCUT2D eigenvalue weighted by Crippen LogP contribution is 2.25. The fourth-order valence-corrected chi connectivity index (χ4v) is 2.89. The molecule has 0 saturated heterocycles. The number of carbonyl (C=O) groups is 1. The number of alkyl halides is 3. The number of allylic oxidation sites excluding steroid dienone is 2. The van der Waals surface area contributed by atoms with Crippen LogP contribution in [0.1, 0.15) is 37.1 Å². The normalized spacial score (nSPS) is 13.1. The first-order valence-electron chi connectivity index (χ1n) is 10.5. The van der Waals surface area contributed by atoms with Crippen LogP contribution < -0.4 is 10.6 Å². The molecule has 0 aliphatic rings. The Bertz CT molecular complexity index is 1300. The first-order valence-corrected chi connectivity index (χ1v) is 10.5. The van der Waals surface area contributed by atoms with Crippen LogP contribution in [0, 0.1) is 0 Å². The molecule has 0 spiro atoms. The van der Waals surface area contributed by atoms with Gasteiger partial charge in [-0.15, -0.1) is 5.10 Å². The summed E-state index contributed by atoms with van der Waals surface area (Å²) in [5.74, 6) is -0.267. The Morgan fingerprint density at radius 2 is 2.06 bits per heavy atom. The van der Waals surface area contributed by atoms with E-state index in [1.165, 1.54) is 29.8 Å². The van der Waals surface area contributed by atoms with Gasteiger partial charge in [0.05, 0.1) is 5.60 Å². The molecule has 0 aliphatic heterocycles. The third-order valence-corrected chi connectivity index (χ3v) is 4.56. The van der Waals surface area contributed by atoms with Crippen LogP contribution in [0.2, 0.25) is 0 Å². The van der Waals surface area contributed by atoms with Crippen molar-refractivity contribution in [1.82, 2.24) is 24.9 Å². The molecule has 1 amide bonds. The molecule has 9 nitrogen and oxygen atoms in total. The minimum atomic E-state index is -4.69. The van der Waals surface area contributed by atoms with Crippen molar-refractivity contribution in [2.75, 3.05) is 11.9 Å². The molecule has 184 valence electrons. The van der Waals surface area contributed by atoms with Gasteiger partial charge in [-0.1, -0.05) is 12.7 Å². The van der Waals surface area contributed by atoms with E-state index >= 15 is 0 Å². The number of halogens is 3. The lowest BCUT2D eigenvalue weighted by Crippen LogP contribution is -2.38. The maximum Gasteiger partial charge on any atom is 0.433 e. The number of pyridine rings is 1. The second kappa shape index (κ2) is 10.1. The molecule has 0 saturated carbocycles. The molecule has 0 aromatic carbocycles. The number of hydrogen-bond donors (Lipinski definition) is 3. The number of aromatic nitrogens is 4. The van der Waals surface area contributed by atoms with E-state index in [0.717, 1.165) is 0 Å². The molecule has 3 aromatic heterocycles. The first-order chi connectivity index (χ1) is 16.4. The van der Waals surface area contributed by atoms with Gasteiger partial charge in [-0.25, -0.2) is 14.5 Å². The Morgan fingerprint density at radius 1 is 1.31 bits per heavy atom. The highest BCUT2D eigenvalue weighted by molar-refractivity contribution is 6.02. The van der Waals surface area contributed by atoms with Gasteiger partial charge in [-0.2, -0.15) is 13.2 Å². The fraction of sp³-hybridized carbons (Fsp3) is 0.261. The molecular weight excluding hydrogens is 463 g/mol. The highest BCUT2D eigenvalue weighted by Gasteiger charge is 2.34. The molecule has 12 heteroatoms. The molecule has 0 bridgehead atoms. The third kappa shape index (κ3) is 6.51. The SMILES string of the molecule is C=CC(=N/C(=C\C)c1nc(Nc2ccnc(C(=O)NCC(C)(C)O)c2)c2cccn2n1)C(F)(F)F. The van der Waals surface area contributed by atoms with Crippen LogP contribution in [0.15, 0.2) is 60.4 Å². The lowest BCUT2D eigenvalue weighted by atomic mass is 10.1. The lowest BCUT2D eigenvalue weighted by molar-refractivity contribution is -0.0576. The molecule has 0 unspecified atom stereocenters. The Hall–Kier alpha value is -4.06. The average Bonchev–Trinajstić information content (AvgIpc) is 3.26. The topological polar surface area (TPSA) is 117 Å². The van der Waals surface area contributed by atoms with Crippen molar-refractivity contribution in [3.63, 3.8) is 0 Å². The van der Waals surface area contributed by atoms with Gasteiger partial charge in [0.1, 0.15) is 22.6 Å². The monoisotopic (exact) mass is 487 g/mol. The van der Waals surface area contributed by atoms with Gasteiger partial charge >= 0.3 is 6.18 Å². The predicted octanol–water partition coefficient (Wildman–Crippen LogP) is 3.92. The van der Waals surface area contributed by atoms with E-state index in [2.05, 4.69) is 37.3 Å². The highest BCUT2D eigenvalue weighted by atomic mass is 19.4. The van der Waals surface area contributed by atoms with Crippen LogP contribution in [0.3, 0.4) is 0 Å². The van der Waals surface area contributed by atoms with Gasteiger partial charge in [0.25, 0.3) is 5.91 Å². The van der Waals surface area contributed by atoms with Gasteiger partial charge in [-0.3, -0.25) is 9.78 Å². The zero-order valence-corrected chi connectivity index (χ0v) is 19.3. The second-order valence-corrected chi connectivity index (χ2v) is 8.04. The summed E-state index contributed by atoms with van der Waals surface area (Å²) in [6.45, 7) is 7.85. The van der Waals surface area contributed by atoms with E-state index < -0.39 is 23.4 Å². The Morgan fingerprint density at radius 3 is 2.69 bits per heavy atom. The Balaban J connectivity index is 1.96. The van der Waals surface area contributed by atoms with Crippen LogP contribution >= 0.6 is 0 Å². The number of aliphatic imine (C=N–C) groups is 1. The number of nitrogens with one attached hydrogen (secondary N) is 2. The minimum Gasteiger partial charge on any atom is -0.389 e. The number of aliphatic hydroxyl groups is 1. The summed E-state index contributed by atoms with van der Waals surface area (Å²) >= 11 is 0. The standard InChI is InChI=1S/C23H24F3N7O2/c1-5-15(30-18(6-2)23(24,25)26)19-31-20(17-8-7-11-33(17)32-19)29-14-9-10-27-16(12-14)21(34)28-13-22(3,4)35/h5-12,35H,2,13H2,1,3-4H3,(H,28,34)(H,27,29,31,32)/b15-5-,30-18?. The van der Waals surface area contributed by atoms with Crippen molar-refractivity contribution in [2.45, 2.75) is 32.5 Å². The molecule has 3 rings (SSSR count). The number of rotatable bonds is 8. The van der Waals surface area contributed by atoms with Gasteiger partial charge in [0, 0.05) is 24.6 Å². The number of amides is 1. The molecule has 35 heavy (non-hydrogen) atoms. The van der Waals surface area contributed by atoms with Crippen LogP contribution in [-0.2, 0) is 0 Å². The van der Waals surface area contributed by atoms with Gasteiger partial charge < -0.3 is 15.7 Å². The van der Waals surface area contributed by atoms with Crippen LogP contribution in [0.25, 0.3) is 11.2 Å². The number of hydrogen-bond acceptors (Lipinski definition) is 7. The van der Waals surface area contributed by atoms with Crippen molar-refractivity contribution in [1.29, 1.82) is 0 Å². The summed E-state index contributed by atoms with van der Waals surface area (Å²) < 4.78 is 41.0. The van der Waals surface area contributed by atoms with E-state index in [9.17, 15) is 23.1 Å². The fourth-order valence-electron chi connectivity index (χ4n) is 2.89. The molecule has 0 atom stereocenters. The van der Waals surface area contributed by atoms with Crippen molar-refractivity contribution in [3.05, 3.63) is 66.9 Å². The first kappa shape index (κ1) is 25.6. The summed E-state index contributed by atoms with van der Waals surface area (Å²) in [6.07, 6.45) is 0.330. The lowest BCUT2D eigenvalue weighted by Gasteiger charge is -2.17. The van der Waals surface area contributed by atoms with E-state index in [0.29, 0.717) is 17.3 Å². The van der Waals surface area contributed by atoms with Crippen molar-refractivity contribution < 1.29 is 23.1 Å². The maximum absolute atomic E-state index is 13.2. The Labute approximate surface area is 199 Å². The number of fused-ring (bicyclic) bond motifs is 1. The maximum atomic E-state index is 13.2. The van der Waals surface area contributed by atoms with E-state index in [1.807, 2.05) is 0 Å². The van der Waals surface area contributed by atoms with E-state index in [4.69, 9.17) is 0 Å². The molecule has 3 N–H and O–H groups in total. The number of nitrogens with zero attached hydrogens (tertiary/aromatic N) is 5. The molecule has 0 fully saturated rings. The largest absolute Gasteiger partial charge is 0.433 e. The smallest absolute Gasteiger partial charge is 0.389 e. The van der Waals surface area contributed by atoms with Crippen molar-refractivity contribution >= 4 is 34.3 Å².